The van der Waals surface area contributed by atoms with Crippen molar-refractivity contribution in [1.29, 1.82) is 0 Å². The number of hydrogen-bond acceptors (Lipinski definition) is 2. The van der Waals surface area contributed by atoms with Crippen LogP contribution in [-0.2, 0) is 10.0 Å². The fraction of sp³-hybridized carbons (Fsp3) is 0.400. The first-order valence-corrected chi connectivity index (χ1v) is 10.2. The summed E-state index contributed by atoms with van der Waals surface area (Å²) in [5, 5.41) is 0. The maximum atomic E-state index is 13.7. The average Bonchev–Trinajstić information content (AvgIpc) is 2.83. The van der Waals surface area contributed by atoms with E-state index in [1.807, 2.05) is 26.0 Å². The number of aryl methyl sites for hydroxylation is 2. The molecule has 0 saturated carbocycles. The van der Waals surface area contributed by atoms with Crippen molar-refractivity contribution in [2.75, 3.05) is 6.54 Å². The quantitative estimate of drug-likeness (QED) is 0.791. The van der Waals surface area contributed by atoms with Gasteiger partial charge in [-0.15, -0.1) is 0 Å². The van der Waals surface area contributed by atoms with Crippen molar-refractivity contribution < 1.29 is 12.8 Å². The normalized spacial score (nSPS) is 19.6. The summed E-state index contributed by atoms with van der Waals surface area (Å²) in [6.07, 6.45) is 3.48. The zero-order valence-corrected chi connectivity index (χ0v) is 15.5. The van der Waals surface area contributed by atoms with Gasteiger partial charge in [-0.1, -0.05) is 31.0 Å². The second-order valence-corrected chi connectivity index (χ2v) is 8.67. The second kappa shape index (κ2) is 7.26. The highest BCUT2D eigenvalue weighted by Crippen LogP contribution is 2.35. The number of sulfonamides is 1. The smallest absolute Gasteiger partial charge is 0.207 e. The first kappa shape index (κ1) is 18.1. The van der Waals surface area contributed by atoms with Gasteiger partial charge in [0, 0.05) is 6.54 Å². The highest BCUT2D eigenvalue weighted by molar-refractivity contribution is 7.89. The molecule has 1 aliphatic rings. The topological polar surface area (TPSA) is 37.4 Å². The molecule has 0 N–H and O–H groups in total. The molecule has 1 saturated heterocycles. The van der Waals surface area contributed by atoms with Crippen molar-refractivity contribution in [1.82, 2.24) is 4.31 Å². The lowest BCUT2D eigenvalue weighted by molar-refractivity contribution is 0.328. The van der Waals surface area contributed by atoms with Gasteiger partial charge in [-0.3, -0.25) is 0 Å². The Morgan fingerprint density at radius 2 is 1.80 bits per heavy atom. The minimum absolute atomic E-state index is 0.315. The lowest BCUT2D eigenvalue weighted by Crippen LogP contribution is -2.35. The molecule has 1 unspecified atom stereocenters. The molecule has 2 aromatic rings. The maximum Gasteiger partial charge on any atom is 0.243 e. The van der Waals surface area contributed by atoms with E-state index < -0.39 is 10.0 Å². The van der Waals surface area contributed by atoms with Gasteiger partial charge in [0.2, 0.25) is 10.0 Å². The molecule has 3 rings (SSSR count). The van der Waals surface area contributed by atoms with Gasteiger partial charge in [0.1, 0.15) is 5.82 Å². The molecule has 25 heavy (non-hydrogen) atoms. The molecule has 1 aliphatic heterocycles. The van der Waals surface area contributed by atoms with Crippen molar-refractivity contribution in [3.05, 3.63) is 65.0 Å². The third-order valence-corrected chi connectivity index (χ3v) is 6.93. The molecule has 0 spiro atoms. The summed E-state index contributed by atoms with van der Waals surface area (Å²) in [6.45, 7) is 4.35. The van der Waals surface area contributed by atoms with Gasteiger partial charge in [0.15, 0.2) is 0 Å². The van der Waals surface area contributed by atoms with Gasteiger partial charge in [-0.2, -0.15) is 4.31 Å². The van der Waals surface area contributed by atoms with Crippen LogP contribution in [0.5, 0.6) is 0 Å². The van der Waals surface area contributed by atoms with Gasteiger partial charge in [0.25, 0.3) is 0 Å². The molecule has 134 valence electrons. The van der Waals surface area contributed by atoms with Gasteiger partial charge in [-0.25, -0.2) is 12.8 Å². The highest BCUT2D eigenvalue weighted by atomic mass is 32.2. The number of halogens is 1. The highest BCUT2D eigenvalue weighted by Gasteiger charge is 2.33. The Balaban J connectivity index is 2.04. The van der Waals surface area contributed by atoms with E-state index in [1.54, 1.807) is 22.5 Å². The predicted octanol–water partition coefficient (Wildman–Crippen LogP) is 4.75. The standard InChI is InChI=1S/C20H24FNO2S/c1-15-10-11-19(13-16(15)2)25(23,24)22-12-5-3-4-9-20(22)17-7-6-8-18(21)14-17/h6-8,10-11,13-14,20H,3-5,9,12H2,1-2H3. The summed E-state index contributed by atoms with van der Waals surface area (Å²) < 4.78 is 41.9. The monoisotopic (exact) mass is 361 g/mol. The molecule has 0 aromatic heterocycles. The molecule has 0 bridgehead atoms. The summed E-state index contributed by atoms with van der Waals surface area (Å²) in [7, 11) is -3.62. The van der Waals surface area contributed by atoms with E-state index in [2.05, 4.69) is 0 Å². The fourth-order valence-corrected chi connectivity index (χ4v) is 5.19. The minimum Gasteiger partial charge on any atom is -0.207 e. The lowest BCUT2D eigenvalue weighted by Gasteiger charge is -2.29. The molecular formula is C20H24FNO2S. The summed E-state index contributed by atoms with van der Waals surface area (Å²) in [5.74, 6) is -0.328. The second-order valence-electron chi connectivity index (χ2n) is 6.78. The van der Waals surface area contributed by atoms with E-state index in [-0.39, 0.29) is 11.9 Å². The number of rotatable bonds is 3. The molecule has 1 atom stereocenters. The van der Waals surface area contributed by atoms with Gasteiger partial charge < -0.3 is 0 Å². The third-order valence-electron chi connectivity index (χ3n) is 5.02. The van der Waals surface area contributed by atoms with Crippen LogP contribution in [0.15, 0.2) is 47.4 Å². The van der Waals surface area contributed by atoms with Gasteiger partial charge in [-0.05, 0) is 67.6 Å². The van der Waals surface area contributed by atoms with E-state index in [4.69, 9.17) is 0 Å². The molecule has 0 amide bonds. The SMILES string of the molecule is Cc1ccc(S(=O)(=O)N2CCCCCC2c2cccc(F)c2)cc1C. The van der Waals surface area contributed by atoms with Crippen LogP contribution in [0, 0.1) is 19.7 Å². The van der Waals surface area contributed by atoms with Crippen LogP contribution in [0.25, 0.3) is 0 Å². The Labute approximate surface area is 149 Å². The Hall–Kier alpha value is -1.72. The molecular weight excluding hydrogens is 337 g/mol. The van der Waals surface area contributed by atoms with Crippen LogP contribution in [0.2, 0.25) is 0 Å². The van der Waals surface area contributed by atoms with E-state index in [0.717, 1.165) is 36.0 Å². The molecule has 0 aliphatic carbocycles. The Morgan fingerprint density at radius 3 is 2.52 bits per heavy atom. The first-order valence-electron chi connectivity index (χ1n) is 8.74. The van der Waals surface area contributed by atoms with Crippen LogP contribution in [0.1, 0.15) is 48.4 Å². The maximum absolute atomic E-state index is 13.7. The van der Waals surface area contributed by atoms with Crippen LogP contribution < -0.4 is 0 Å². The van der Waals surface area contributed by atoms with Gasteiger partial charge >= 0.3 is 0 Å². The summed E-state index contributed by atoms with van der Waals surface area (Å²) in [5.41, 5.74) is 2.75. The number of benzene rings is 2. The summed E-state index contributed by atoms with van der Waals surface area (Å²) >= 11 is 0. The zero-order chi connectivity index (χ0) is 18.0. The van der Waals surface area contributed by atoms with Gasteiger partial charge in [0.05, 0.1) is 10.9 Å². The van der Waals surface area contributed by atoms with Crippen LogP contribution in [0.3, 0.4) is 0 Å². The Morgan fingerprint density at radius 1 is 1.00 bits per heavy atom. The van der Waals surface area contributed by atoms with Crippen LogP contribution in [-0.4, -0.2) is 19.3 Å². The van der Waals surface area contributed by atoms with Crippen molar-refractivity contribution >= 4 is 10.0 Å². The Kier molecular flexibility index (Phi) is 5.25. The van der Waals surface area contributed by atoms with E-state index in [0.29, 0.717) is 17.9 Å². The summed E-state index contributed by atoms with van der Waals surface area (Å²) in [4.78, 5) is 0.318. The van der Waals surface area contributed by atoms with Crippen molar-refractivity contribution in [2.45, 2.75) is 50.5 Å². The summed E-state index contributed by atoms with van der Waals surface area (Å²) in [6, 6.07) is 11.3. The predicted molar refractivity (Wildman–Crippen MR) is 97.4 cm³/mol. The Bertz CT molecular complexity index is 864. The van der Waals surface area contributed by atoms with Crippen LogP contribution >= 0.6 is 0 Å². The molecule has 1 heterocycles. The molecule has 2 aromatic carbocycles. The van der Waals surface area contributed by atoms with E-state index in [9.17, 15) is 12.8 Å². The lowest BCUT2D eigenvalue weighted by atomic mass is 10.0. The number of hydrogen-bond donors (Lipinski definition) is 0. The van der Waals surface area contributed by atoms with Crippen molar-refractivity contribution in [2.24, 2.45) is 0 Å². The fourth-order valence-electron chi connectivity index (χ4n) is 3.43. The van der Waals surface area contributed by atoms with E-state index in [1.165, 1.54) is 12.1 Å². The molecule has 3 nitrogen and oxygen atoms in total. The number of nitrogens with zero attached hydrogens (tertiary/aromatic N) is 1. The largest absolute Gasteiger partial charge is 0.243 e. The van der Waals surface area contributed by atoms with E-state index >= 15 is 0 Å². The van der Waals surface area contributed by atoms with Crippen molar-refractivity contribution in [3.63, 3.8) is 0 Å². The molecule has 1 fully saturated rings. The average molecular weight is 361 g/mol. The minimum atomic E-state index is -3.62. The zero-order valence-electron chi connectivity index (χ0n) is 14.7. The molecule has 5 heteroatoms. The first-order chi connectivity index (χ1) is 11.9. The van der Waals surface area contributed by atoms with Crippen molar-refractivity contribution in [3.8, 4) is 0 Å². The third kappa shape index (κ3) is 3.77. The van der Waals surface area contributed by atoms with Crippen LogP contribution in [0.4, 0.5) is 4.39 Å². The molecule has 0 radical (unpaired) electrons.